The van der Waals surface area contributed by atoms with Crippen LogP contribution in [0.1, 0.15) is 39.5 Å². The van der Waals surface area contributed by atoms with Crippen LogP contribution in [0.4, 0.5) is 4.39 Å². The van der Waals surface area contributed by atoms with Crippen LogP contribution in [0.2, 0.25) is 0 Å². The second kappa shape index (κ2) is 9.11. The van der Waals surface area contributed by atoms with Crippen LogP contribution in [0.15, 0.2) is 18.7 Å². The first kappa shape index (κ1) is 21.5. The molecule has 0 spiro atoms. The number of fused-ring (bicyclic) bond motifs is 1. The Bertz CT molecular complexity index is 736. The molecule has 9 heteroatoms. The summed E-state index contributed by atoms with van der Waals surface area (Å²) >= 11 is 0. The van der Waals surface area contributed by atoms with Crippen LogP contribution in [0.5, 0.6) is 0 Å². The maximum atomic E-state index is 11.8. The first-order chi connectivity index (χ1) is 13.2. The summed E-state index contributed by atoms with van der Waals surface area (Å²) in [4.78, 5) is 6.80. The van der Waals surface area contributed by atoms with Gasteiger partial charge in [0.15, 0.2) is 5.82 Å². The molecule has 7 atom stereocenters. The highest BCUT2D eigenvalue weighted by Gasteiger charge is 2.50. The SMILES string of the molecule is CC1CC(NS(C)(=O)=O)C(COC2CCC3C(C2)[C@@H]3C)N1.Fc1cncnc1. The number of hydrogen-bond acceptors (Lipinski definition) is 6. The van der Waals surface area contributed by atoms with E-state index in [1.807, 2.05) is 0 Å². The minimum Gasteiger partial charge on any atom is -0.377 e. The van der Waals surface area contributed by atoms with Crippen molar-refractivity contribution in [2.45, 2.75) is 63.8 Å². The van der Waals surface area contributed by atoms with Crippen molar-refractivity contribution in [3.8, 4) is 0 Å². The van der Waals surface area contributed by atoms with E-state index in [1.54, 1.807) is 0 Å². The third kappa shape index (κ3) is 6.17. The largest absolute Gasteiger partial charge is 0.377 e. The first-order valence-electron chi connectivity index (χ1n) is 9.98. The summed E-state index contributed by atoms with van der Waals surface area (Å²) in [5.74, 6) is 2.32. The maximum absolute atomic E-state index is 11.8. The van der Waals surface area contributed by atoms with Gasteiger partial charge in [-0.3, -0.25) is 0 Å². The molecular formula is C19H31FN4O3S. The van der Waals surface area contributed by atoms with E-state index in [2.05, 4.69) is 33.9 Å². The van der Waals surface area contributed by atoms with Gasteiger partial charge in [0.25, 0.3) is 0 Å². The number of aromatic nitrogens is 2. The van der Waals surface area contributed by atoms with Gasteiger partial charge in [0.1, 0.15) is 6.33 Å². The summed E-state index contributed by atoms with van der Waals surface area (Å²) in [6, 6.07) is 0.368. The van der Waals surface area contributed by atoms with Crippen LogP contribution in [0, 0.1) is 23.6 Å². The molecular weight excluding hydrogens is 383 g/mol. The van der Waals surface area contributed by atoms with Gasteiger partial charge in [0, 0.05) is 18.1 Å². The summed E-state index contributed by atoms with van der Waals surface area (Å²) in [6.07, 6.45) is 9.57. The van der Waals surface area contributed by atoms with E-state index in [0.717, 1.165) is 43.0 Å². The smallest absolute Gasteiger partial charge is 0.209 e. The predicted molar refractivity (Wildman–Crippen MR) is 104 cm³/mol. The topological polar surface area (TPSA) is 93.2 Å². The fraction of sp³-hybridized carbons (Fsp3) is 0.789. The molecule has 0 aromatic carbocycles. The summed E-state index contributed by atoms with van der Waals surface area (Å²) < 4.78 is 43.5. The van der Waals surface area contributed by atoms with Crippen molar-refractivity contribution in [2.75, 3.05) is 12.9 Å². The first-order valence-corrected chi connectivity index (χ1v) is 11.9. The molecule has 2 aliphatic carbocycles. The number of nitrogens with one attached hydrogen (secondary N) is 2. The lowest BCUT2D eigenvalue weighted by molar-refractivity contribution is 0.0129. The number of nitrogens with zero attached hydrogens (tertiary/aromatic N) is 2. The van der Waals surface area contributed by atoms with Gasteiger partial charge in [-0.15, -0.1) is 0 Å². The number of ether oxygens (including phenoxy) is 1. The molecule has 2 N–H and O–H groups in total. The van der Waals surface area contributed by atoms with Crippen molar-refractivity contribution < 1.29 is 17.5 Å². The van der Waals surface area contributed by atoms with Crippen LogP contribution < -0.4 is 10.0 Å². The standard InChI is InChI=1S/C15H28N2O3S.C4H3FN2/c1-9-6-14(17-21(3,18)19)15(16-9)8-20-11-4-5-12-10(2)13(12)7-11;5-4-1-6-3-7-2-4/h9-17H,4-8H2,1-3H3;1-3H/t9?,10-,11?,12?,13?,14?,15?;/m1./s1. The quantitative estimate of drug-likeness (QED) is 0.762. The van der Waals surface area contributed by atoms with Gasteiger partial charge < -0.3 is 10.1 Å². The summed E-state index contributed by atoms with van der Waals surface area (Å²) in [7, 11) is -3.16. The average molecular weight is 415 g/mol. The molecule has 28 heavy (non-hydrogen) atoms. The summed E-state index contributed by atoms with van der Waals surface area (Å²) in [6.45, 7) is 5.05. The fourth-order valence-corrected chi connectivity index (χ4v) is 5.45. The minimum atomic E-state index is -3.16. The van der Waals surface area contributed by atoms with E-state index < -0.39 is 15.8 Å². The van der Waals surface area contributed by atoms with Crippen LogP contribution >= 0.6 is 0 Å². The molecule has 1 aliphatic heterocycles. The lowest BCUT2D eigenvalue weighted by atomic mass is 9.98. The molecule has 0 bridgehead atoms. The Hall–Kier alpha value is -1.16. The van der Waals surface area contributed by atoms with E-state index in [4.69, 9.17) is 4.74 Å². The number of halogens is 1. The van der Waals surface area contributed by atoms with E-state index in [9.17, 15) is 12.8 Å². The van der Waals surface area contributed by atoms with Crippen LogP contribution in [0.25, 0.3) is 0 Å². The van der Waals surface area contributed by atoms with Gasteiger partial charge in [0.05, 0.1) is 31.4 Å². The third-order valence-electron chi connectivity index (χ3n) is 6.11. The molecule has 1 aromatic rings. The van der Waals surface area contributed by atoms with Crippen molar-refractivity contribution in [2.24, 2.45) is 17.8 Å². The molecule has 4 rings (SSSR count). The second-order valence-corrected chi connectivity index (χ2v) is 10.2. The molecule has 3 aliphatic rings. The summed E-state index contributed by atoms with van der Waals surface area (Å²) in [5.41, 5.74) is 0. The Morgan fingerprint density at radius 1 is 1.21 bits per heavy atom. The number of rotatable bonds is 5. The molecule has 7 nitrogen and oxygen atoms in total. The monoisotopic (exact) mass is 414 g/mol. The van der Waals surface area contributed by atoms with Gasteiger partial charge in [-0.25, -0.2) is 27.5 Å². The molecule has 1 aromatic heterocycles. The molecule has 1 saturated heterocycles. The van der Waals surface area contributed by atoms with Crippen molar-refractivity contribution in [1.29, 1.82) is 0 Å². The van der Waals surface area contributed by atoms with Gasteiger partial charge in [-0.05, 0) is 50.4 Å². The average Bonchev–Trinajstić information content (AvgIpc) is 3.13. The Balaban J connectivity index is 0.000000271. The summed E-state index contributed by atoms with van der Waals surface area (Å²) in [5, 5.41) is 3.44. The lowest BCUT2D eigenvalue weighted by Crippen LogP contribution is -2.46. The zero-order valence-corrected chi connectivity index (χ0v) is 17.5. The van der Waals surface area contributed by atoms with E-state index in [1.165, 1.54) is 25.4 Å². The van der Waals surface area contributed by atoms with Crippen LogP contribution in [0.3, 0.4) is 0 Å². The van der Waals surface area contributed by atoms with Crippen LogP contribution in [-0.4, -0.2) is 55.5 Å². The number of hydrogen-bond donors (Lipinski definition) is 2. The molecule has 0 amide bonds. The van der Waals surface area contributed by atoms with Crippen molar-refractivity contribution in [1.82, 2.24) is 20.0 Å². The molecule has 0 radical (unpaired) electrons. The molecule has 3 fully saturated rings. The normalized spacial score (nSPS) is 36.9. The second-order valence-electron chi connectivity index (χ2n) is 8.42. The van der Waals surface area contributed by atoms with E-state index in [0.29, 0.717) is 18.8 Å². The molecule has 2 heterocycles. The van der Waals surface area contributed by atoms with Gasteiger partial charge in [0.2, 0.25) is 10.0 Å². The number of sulfonamides is 1. The Labute approximate surface area is 166 Å². The fourth-order valence-electron chi connectivity index (χ4n) is 4.64. The Morgan fingerprint density at radius 2 is 1.93 bits per heavy atom. The Morgan fingerprint density at radius 3 is 2.50 bits per heavy atom. The van der Waals surface area contributed by atoms with Gasteiger partial charge >= 0.3 is 0 Å². The van der Waals surface area contributed by atoms with E-state index in [-0.39, 0.29) is 12.1 Å². The lowest BCUT2D eigenvalue weighted by Gasteiger charge is -2.26. The van der Waals surface area contributed by atoms with E-state index >= 15 is 0 Å². The zero-order chi connectivity index (χ0) is 20.3. The Kier molecular flexibility index (Phi) is 7.01. The molecule has 6 unspecified atom stereocenters. The third-order valence-corrected chi connectivity index (χ3v) is 6.85. The highest BCUT2D eigenvalue weighted by Crippen LogP contribution is 2.55. The predicted octanol–water partition coefficient (Wildman–Crippen LogP) is 1.72. The van der Waals surface area contributed by atoms with Gasteiger partial charge in [-0.2, -0.15) is 0 Å². The van der Waals surface area contributed by atoms with Crippen molar-refractivity contribution in [3.63, 3.8) is 0 Å². The highest BCUT2D eigenvalue weighted by atomic mass is 32.2. The molecule has 2 saturated carbocycles. The molecule has 158 valence electrons. The van der Waals surface area contributed by atoms with Crippen LogP contribution in [-0.2, 0) is 14.8 Å². The van der Waals surface area contributed by atoms with Crippen molar-refractivity contribution in [3.05, 3.63) is 24.5 Å². The maximum Gasteiger partial charge on any atom is 0.209 e. The van der Waals surface area contributed by atoms with Crippen molar-refractivity contribution >= 4 is 10.0 Å². The minimum absolute atomic E-state index is 0.0498. The zero-order valence-electron chi connectivity index (χ0n) is 16.7. The van der Waals surface area contributed by atoms with Gasteiger partial charge in [-0.1, -0.05) is 6.92 Å². The highest BCUT2D eigenvalue weighted by molar-refractivity contribution is 7.88.